The number of hydrogen-bond acceptors (Lipinski definition) is 18. The highest BCUT2D eigenvalue weighted by Crippen LogP contribution is 2.69. The molecule has 580 valence electrons. The molecule has 106 heavy (non-hydrogen) atoms. The summed E-state index contributed by atoms with van der Waals surface area (Å²) in [6.45, 7) is 4.55. The summed E-state index contributed by atoms with van der Waals surface area (Å²) in [6.07, 6.45) is 40.5. The maximum atomic E-state index is 11.9. The highest BCUT2D eigenvalue weighted by Gasteiger charge is 2.72. The van der Waals surface area contributed by atoms with Crippen LogP contribution in [0, 0.1) is 107 Å². The average Bonchev–Trinajstić information content (AvgIpc) is 1.51. The number of esters is 2. The SMILES string of the molecule is CCOC(=O)CC1CCC2(CC1)OOC1(O2)C2CC3CC(C2)CC1C3.CCOC(=O)c1ccc(C2CCC3(CC2)OOC2(O3)C3CC4CC(C3)CC2C4)cc1.O=C(O)CC1CCC2(CC1)OOC1(O2)C2CC3CC(C2)CC1C3.O=C(O)c1ccc(C2CCC3(CC2)OOC2(O3)C3CC4CC(C3)CC2C4)cc1. The van der Waals surface area contributed by atoms with Gasteiger partial charge in [0.25, 0.3) is 0 Å². The first-order valence-electron chi connectivity index (χ1n) is 42.6. The fourth-order valence-corrected chi connectivity index (χ4v) is 27.3. The Balaban J connectivity index is 0.0000000971. The van der Waals surface area contributed by atoms with E-state index in [2.05, 4.69) is 12.1 Å². The van der Waals surface area contributed by atoms with Gasteiger partial charge in [-0.05, 0) is 300 Å². The number of carbonyl (C=O) groups excluding carboxylic acids is 2. The topological polar surface area (TPSA) is 238 Å². The second kappa shape index (κ2) is 27.9. The second-order valence-electron chi connectivity index (χ2n) is 38.1. The average molecular weight is 1470 g/mol. The van der Waals surface area contributed by atoms with Crippen molar-refractivity contribution in [3.63, 3.8) is 0 Å². The fourth-order valence-electron chi connectivity index (χ4n) is 27.3. The van der Waals surface area contributed by atoms with Gasteiger partial charge in [0.15, 0.2) is 0 Å². The number of hydrogen-bond donors (Lipinski definition) is 2. The van der Waals surface area contributed by atoms with E-state index in [9.17, 15) is 19.2 Å². The molecule has 16 bridgehead atoms. The van der Waals surface area contributed by atoms with Crippen molar-refractivity contribution in [2.75, 3.05) is 13.2 Å². The monoisotopic (exact) mass is 1470 g/mol. The lowest BCUT2D eigenvalue weighted by Gasteiger charge is -2.57. The van der Waals surface area contributed by atoms with Gasteiger partial charge >= 0.3 is 23.9 Å². The highest BCUT2D eigenvalue weighted by atomic mass is 17.3. The summed E-state index contributed by atoms with van der Waals surface area (Å²) in [5.41, 5.74) is 3.45. The van der Waals surface area contributed by atoms with E-state index in [0.717, 1.165) is 150 Å². The number of carboxylic acid groups (broad SMARTS) is 2. The zero-order valence-electron chi connectivity index (χ0n) is 62.7. The maximum absolute atomic E-state index is 11.9. The number of carbonyl (C=O) groups is 4. The van der Waals surface area contributed by atoms with Crippen molar-refractivity contribution < 1.29 is 96.9 Å². The molecule has 0 unspecified atom stereocenters. The van der Waals surface area contributed by atoms with Crippen molar-refractivity contribution in [3.8, 4) is 0 Å². The predicted molar refractivity (Wildman–Crippen MR) is 379 cm³/mol. The Hall–Kier alpha value is -4.16. The number of aromatic carboxylic acids is 1. The zero-order chi connectivity index (χ0) is 72.0. The number of carboxylic acids is 2. The van der Waals surface area contributed by atoms with Gasteiger partial charge in [-0.25, -0.2) is 9.59 Å². The maximum Gasteiger partial charge on any atom is 0.338 e. The molecule has 0 atom stereocenters. The third-order valence-electron chi connectivity index (χ3n) is 31.8. The van der Waals surface area contributed by atoms with Crippen LogP contribution in [0.5, 0.6) is 0 Å². The molecule has 26 rings (SSSR count). The first-order chi connectivity index (χ1) is 51.3. The molecule has 0 radical (unpaired) electrons. The molecule has 20 heteroatoms. The molecule has 2 N–H and O–H groups in total. The summed E-state index contributed by atoms with van der Waals surface area (Å²) in [7, 11) is 0. The van der Waals surface area contributed by atoms with Gasteiger partial charge in [-0.15, -0.1) is 0 Å². The molecule has 4 aliphatic heterocycles. The predicted octanol–water partition coefficient (Wildman–Crippen LogP) is 17.7. The molecule has 8 spiro atoms. The van der Waals surface area contributed by atoms with Crippen molar-refractivity contribution in [2.45, 2.75) is 316 Å². The lowest BCUT2D eigenvalue weighted by molar-refractivity contribution is -0.390. The Morgan fingerprint density at radius 2 is 0.604 bits per heavy atom. The summed E-state index contributed by atoms with van der Waals surface area (Å²) < 4.78 is 37.1. The van der Waals surface area contributed by atoms with Crippen LogP contribution in [0.15, 0.2) is 48.5 Å². The van der Waals surface area contributed by atoms with Crippen LogP contribution in [-0.2, 0) is 77.1 Å². The minimum atomic E-state index is -0.875. The molecule has 20 nitrogen and oxygen atoms in total. The van der Waals surface area contributed by atoms with Gasteiger partial charge in [-0.3, -0.25) is 9.59 Å². The molecule has 24 fully saturated rings. The molecule has 0 aromatic heterocycles. The number of aliphatic carboxylic acids is 1. The first kappa shape index (κ1) is 72.1. The Morgan fingerprint density at radius 3 is 0.868 bits per heavy atom. The minimum absolute atomic E-state index is 0.0783. The van der Waals surface area contributed by atoms with E-state index in [1.807, 2.05) is 38.1 Å². The van der Waals surface area contributed by atoms with Crippen LogP contribution in [0.4, 0.5) is 0 Å². The van der Waals surface area contributed by atoms with E-state index in [1.54, 1.807) is 12.1 Å². The van der Waals surface area contributed by atoms with Gasteiger partial charge in [-0.2, -0.15) is 39.1 Å². The van der Waals surface area contributed by atoms with Crippen molar-refractivity contribution in [1.82, 2.24) is 0 Å². The smallest absolute Gasteiger partial charge is 0.338 e. The van der Waals surface area contributed by atoms with E-state index in [0.29, 0.717) is 95.9 Å². The minimum Gasteiger partial charge on any atom is -0.481 e. The second-order valence-corrected chi connectivity index (χ2v) is 38.1. The van der Waals surface area contributed by atoms with Gasteiger partial charge in [0.1, 0.15) is 0 Å². The van der Waals surface area contributed by atoms with Crippen LogP contribution in [0.3, 0.4) is 0 Å². The third-order valence-corrected chi connectivity index (χ3v) is 31.8. The van der Waals surface area contributed by atoms with E-state index < -0.39 is 58.2 Å². The van der Waals surface area contributed by atoms with Crippen LogP contribution in [0.2, 0.25) is 0 Å². The summed E-state index contributed by atoms with van der Waals surface area (Å²) in [5.74, 6) is 6.49. The fraction of sp³-hybridized carbons (Fsp3) is 0.814. The lowest BCUT2D eigenvalue weighted by Crippen LogP contribution is -2.59. The molecule has 20 saturated carbocycles. The van der Waals surface area contributed by atoms with Crippen molar-refractivity contribution in [3.05, 3.63) is 70.8 Å². The van der Waals surface area contributed by atoms with Crippen molar-refractivity contribution in [1.29, 1.82) is 0 Å². The molecular weight excluding hydrogens is 1350 g/mol. The number of ether oxygens (including phenoxy) is 6. The van der Waals surface area contributed by atoms with Gasteiger partial charge in [0.05, 0.1) is 24.3 Å². The zero-order valence-corrected chi connectivity index (χ0v) is 62.7. The summed E-state index contributed by atoms with van der Waals surface area (Å²) in [6, 6.07) is 15.2. The van der Waals surface area contributed by atoms with E-state index in [-0.39, 0.29) is 24.3 Å². The molecule has 20 aliphatic carbocycles. The van der Waals surface area contributed by atoms with Gasteiger partial charge < -0.3 is 38.6 Å². The Bertz CT molecular complexity index is 3420. The molecule has 4 saturated heterocycles. The number of rotatable bonds is 10. The van der Waals surface area contributed by atoms with Crippen LogP contribution < -0.4 is 0 Å². The number of benzene rings is 2. The van der Waals surface area contributed by atoms with Crippen LogP contribution in [0.1, 0.15) is 302 Å². The van der Waals surface area contributed by atoms with E-state index in [4.69, 9.17) is 77.7 Å². The lowest BCUT2D eigenvalue weighted by atomic mass is 9.53. The third kappa shape index (κ3) is 13.0. The highest BCUT2D eigenvalue weighted by molar-refractivity contribution is 5.89. The Kier molecular flexibility index (Phi) is 19.0. The Labute approximate surface area is 624 Å². The molecule has 2 aromatic rings. The Morgan fingerprint density at radius 1 is 0.340 bits per heavy atom. The van der Waals surface area contributed by atoms with E-state index >= 15 is 0 Å². The largest absolute Gasteiger partial charge is 0.481 e. The van der Waals surface area contributed by atoms with Gasteiger partial charge in [0.2, 0.25) is 46.3 Å². The van der Waals surface area contributed by atoms with Gasteiger partial charge in [-0.1, -0.05) is 24.3 Å². The molecule has 2 aromatic carbocycles. The van der Waals surface area contributed by atoms with Crippen LogP contribution in [0.25, 0.3) is 0 Å². The van der Waals surface area contributed by atoms with Crippen molar-refractivity contribution >= 4 is 23.9 Å². The quantitative estimate of drug-likeness (QED) is 0.166. The molecule has 0 amide bonds. The van der Waals surface area contributed by atoms with Crippen LogP contribution in [-0.4, -0.2) is 93.6 Å². The summed E-state index contributed by atoms with van der Waals surface area (Å²) >= 11 is 0. The summed E-state index contributed by atoms with van der Waals surface area (Å²) in [5, 5.41) is 18.1. The summed E-state index contributed by atoms with van der Waals surface area (Å²) in [4.78, 5) is 93.7. The normalized spacial score (nSPS) is 48.5. The molecular formula is C86H116O20. The first-order valence-corrected chi connectivity index (χ1v) is 42.6. The molecule has 24 aliphatic rings. The van der Waals surface area contributed by atoms with Gasteiger partial charge in [0, 0.05) is 112 Å². The molecule has 4 heterocycles. The van der Waals surface area contributed by atoms with Crippen LogP contribution >= 0.6 is 0 Å². The van der Waals surface area contributed by atoms with E-state index in [1.165, 1.54) is 140 Å². The van der Waals surface area contributed by atoms with Crippen molar-refractivity contribution in [2.24, 2.45) is 107 Å². The standard InChI is InChI=1S/C25H32O5.C23H28O5.C20H30O5.C18H26O5/c1-2-27-23(26)20-5-3-18(4-6-20)19-7-9-24(10-8-19)28-25(30-29-24)21-12-16-11-17(14-21)15-22(25)13-16;24-21(25)18-3-1-16(2-4-18)17-5-7-22(8-6-17)26-23(28-27-22)19-10-14-9-15(12-19)13-20(23)11-14;1-2-22-18(21)12-13-3-5-19(6-4-13)23-20(25-24-19)16-8-14-7-15(10-16)11-17(20)9-14;19-16(20)10-11-1-3-17(4-2-11)21-18(23-22-17)14-6-12-5-13(8-14)9-15(18)7-12/h3-6,16-17,19,21-22H,2,7-15H2,1H3;1-4,14-15,17,19-20H,5-13H2,(H,24,25);13-17H,2-12H2,1H3;11-15H,1-10H2,(H,19,20).